The highest BCUT2D eigenvalue weighted by atomic mass is 16.2. The third-order valence-corrected chi connectivity index (χ3v) is 5.24. The summed E-state index contributed by atoms with van der Waals surface area (Å²) in [5.41, 5.74) is 9.50. The van der Waals surface area contributed by atoms with Gasteiger partial charge in [0.2, 0.25) is 17.7 Å². The Morgan fingerprint density at radius 3 is 2.52 bits per heavy atom. The first-order valence-corrected chi connectivity index (χ1v) is 9.81. The quantitative estimate of drug-likeness (QED) is 0.751. The fourth-order valence-electron chi connectivity index (χ4n) is 3.84. The average molecular weight is 397 g/mol. The molecule has 2 aromatic rings. The van der Waals surface area contributed by atoms with Gasteiger partial charge in [0.05, 0.1) is 5.69 Å². The lowest BCUT2D eigenvalue weighted by atomic mass is 10.0. The highest BCUT2D eigenvalue weighted by Gasteiger charge is 2.29. The maximum absolute atomic E-state index is 13.0. The molecule has 1 aromatic carbocycles. The van der Waals surface area contributed by atoms with E-state index in [1.54, 1.807) is 4.90 Å². The van der Waals surface area contributed by atoms with Gasteiger partial charge in [-0.25, -0.2) is 0 Å². The zero-order chi connectivity index (χ0) is 21.0. The second-order valence-corrected chi connectivity index (χ2v) is 7.35. The van der Waals surface area contributed by atoms with Crippen molar-refractivity contribution >= 4 is 17.7 Å². The van der Waals surface area contributed by atoms with Crippen LogP contribution in [0.4, 0.5) is 0 Å². The lowest BCUT2D eigenvalue weighted by Gasteiger charge is -2.26. The summed E-state index contributed by atoms with van der Waals surface area (Å²) in [6.07, 6.45) is 1.61. The number of benzene rings is 1. The lowest BCUT2D eigenvalue weighted by Crippen LogP contribution is -2.49. The maximum atomic E-state index is 13.0. The van der Waals surface area contributed by atoms with Gasteiger partial charge < -0.3 is 16.0 Å². The van der Waals surface area contributed by atoms with Crippen molar-refractivity contribution in [1.29, 1.82) is 0 Å². The first kappa shape index (κ1) is 20.6. The van der Waals surface area contributed by atoms with Crippen molar-refractivity contribution < 1.29 is 14.4 Å². The minimum atomic E-state index is -0.743. The van der Waals surface area contributed by atoms with Crippen LogP contribution in [0.2, 0.25) is 0 Å². The number of nitrogens with two attached hydrogens (primary N) is 1. The molecule has 1 aliphatic heterocycles. The van der Waals surface area contributed by atoms with Gasteiger partial charge in [-0.05, 0) is 12.8 Å². The minimum absolute atomic E-state index is 0.0484. The number of nitrogens with one attached hydrogen (secondary N) is 1. The van der Waals surface area contributed by atoms with Crippen molar-refractivity contribution in [3.63, 3.8) is 0 Å². The molecular weight excluding hydrogens is 370 g/mol. The summed E-state index contributed by atoms with van der Waals surface area (Å²) in [6.45, 7) is 2.43. The molecule has 8 nitrogen and oxygen atoms in total. The van der Waals surface area contributed by atoms with Crippen molar-refractivity contribution in [2.75, 3.05) is 13.1 Å². The van der Waals surface area contributed by atoms with E-state index in [1.807, 2.05) is 42.1 Å². The number of nitrogens with zero attached hydrogens (tertiary/aromatic N) is 3. The molecule has 3 amide bonds. The van der Waals surface area contributed by atoms with Crippen LogP contribution in [0.3, 0.4) is 0 Å². The van der Waals surface area contributed by atoms with E-state index in [1.165, 1.54) is 6.92 Å². The second kappa shape index (κ2) is 8.89. The van der Waals surface area contributed by atoms with Crippen LogP contribution in [0.15, 0.2) is 30.3 Å². The van der Waals surface area contributed by atoms with Crippen molar-refractivity contribution in [2.24, 2.45) is 12.8 Å². The molecule has 8 heteroatoms. The molecule has 0 bridgehead atoms. The second-order valence-electron chi connectivity index (χ2n) is 7.35. The van der Waals surface area contributed by atoms with E-state index in [0.29, 0.717) is 25.9 Å². The summed E-state index contributed by atoms with van der Waals surface area (Å²) in [4.78, 5) is 37.5. The van der Waals surface area contributed by atoms with Gasteiger partial charge in [-0.3, -0.25) is 19.1 Å². The van der Waals surface area contributed by atoms with Crippen LogP contribution in [0.1, 0.15) is 31.0 Å². The van der Waals surface area contributed by atoms with Gasteiger partial charge >= 0.3 is 0 Å². The van der Waals surface area contributed by atoms with Crippen molar-refractivity contribution in [2.45, 2.75) is 38.6 Å². The standard InChI is InChI=1S/C21H27N5O3/c1-14(27)23-17(8-9-19(22)28)21(29)26-12-10-16-18(11-13-26)25(2)24-20(16)15-6-4-3-5-7-15/h3-7,17H,8-13H2,1-2H3,(H2,22,28)(H,23,27)/t17-/m0/s1. The summed E-state index contributed by atoms with van der Waals surface area (Å²) in [5, 5.41) is 7.36. The zero-order valence-electron chi connectivity index (χ0n) is 16.9. The minimum Gasteiger partial charge on any atom is -0.370 e. The van der Waals surface area contributed by atoms with E-state index in [-0.39, 0.29) is 24.7 Å². The molecule has 0 aliphatic carbocycles. The Balaban J connectivity index is 1.78. The lowest BCUT2D eigenvalue weighted by molar-refractivity contribution is -0.136. The van der Waals surface area contributed by atoms with Gasteiger partial charge in [-0.15, -0.1) is 0 Å². The molecule has 2 heterocycles. The van der Waals surface area contributed by atoms with Gasteiger partial charge in [0.25, 0.3) is 0 Å². The first-order chi connectivity index (χ1) is 13.9. The van der Waals surface area contributed by atoms with Crippen LogP contribution in [0, 0.1) is 0 Å². The van der Waals surface area contributed by atoms with Gasteiger partial charge in [0, 0.05) is 56.7 Å². The highest BCUT2D eigenvalue weighted by Crippen LogP contribution is 2.28. The Bertz CT molecular complexity index is 907. The number of primary amides is 1. The molecule has 0 unspecified atom stereocenters. The fourth-order valence-corrected chi connectivity index (χ4v) is 3.84. The molecule has 3 N–H and O–H groups in total. The Morgan fingerprint density at radius 2 is 1.86 bits per heavy atom. The van der Waals surface area contributed by atoms with Crippen LogP contribution in [-0.2, 0) is 34.3 Å². The number of hydrogen-bond donors (Lipinski definition) is 2. The molecule has 154 valence electrons. The number of hydrogen-bond acceptors (Lipinski definition) is 4. The van der Waals surface area contributed by atoms with E-state index in [9.17, 15) is 14.4 Å². The summed E-state index contributed by atoms with van der Waals surface area (Å²) in [7, 11) is 1.93. The van der Waals surface area contributed by atoms with Gasteiger partial charge in [-0.1, -0.05) is 30.3 Å². The molecule has 1 aliphatic rings. The molecule has 3 rings (SSSR count). The molecule has 1 aromatic heterocycles. The summed E-state index contributed by atoms with van der Waals surface area (Å²) in [5.74, 6) is -0.972. The summed E-state index contributed by atoms with van der Waals surface area (Å²) >= 11 is 0. The largest absolute Gasteiger partial charge is 0.370 e. The van der Waals surface area contributed by atoms with Gasteiger partial charge in [-0.2, -0.15) is 5.10 Å². The Kier molecular flexibility index (Phi) is 6.31. The molecule has 0 saturated heterocycles. The van der Waals surface area contributed by atoms with Crippen molar-refractivity contribution in [3.05, 3.63) is 41.6 Å². The third kappa shape index (κ3) is 4.82. The molecule has 29 heavy (non-hydrogen) atoms. The van der Waals surface area contributed by atoms with E-state index in [2.05, 4.69) is 5.32 Å². The number of aryl methyl sites for hydroxylation is 1. The van der Waals surface area contributed by atoms with Crippen LogP contribution >= 0.6 is 0 Å². The number of carbonyl (C=O) groups is 3. The normalized spacial score (nSPS) is 14.6. The SMILES string of the molecule is CC(=O)N[C@@H](CCC(N)=O)C(=O)N1CCc2c(-c3ccccc3)nn(C)c2CC1. The van der Waals surface area contributed by atoms with Crippen LogP contribution < -0.4 is 11.1 Å². The number of carbonyl (C=O) groups excluding carboxylic acids is 3. The highest BCUT2D eigenvalue weighted by molar-refractivity contribution is 5.87. The maximum Gasteiger partial charge on any atom is 0.245 e. The van der Waals surface area contributed by atoms with E-state index in [4.69, 9.17) is 10.8 Å². The molecule has 1 atom stereocenters. The Morgan fingerprint density at radius 1 is 1.17 bits per heavy atom. The van der Waals surface area contributed by atoms with Crippen LogP contribution in [0.5, 0.6) is 0 Å². The predicted octanol–water partition coefficient (Wildman–Crippen LogP) is 0.785. The number of amides is 3. The van der Waals surface area contributed by atoms with Crippen LogP contribution in [-0.4, -0.2) is 51.5 Å². The van der Waals surface area contributed by atoms with E-state index in [0.717, 1.165) is 22.5 Å². The van der Waals surface area contributed by atoms with E-state index < -0.39 is 11.9 Å². The first-order valence-electron chi connectivity index (χ1n) is 9.81. The van der Waals surface area contributed by atoms with Crippen molar-refractivity contribution in [1.82, 2.24) is 20.0 Å². The summed E-state index contributed by atoms with van der Waals surface area (Å²) in [6, 6.07) is 9.27. The van der Waals surface area contributed by atoms with Gasteiger partial charge in [0.15, 0.2) is 0 Å². The smallest absolute Gasteiger partial charge is 0.245 e. The van der Waals surface area contributed by atoms with E-state index >= 15 is 0 Å². The third-order valence-electron chi connectivity index (χ3n) is 5.24. The monoisotopic (exact) mass is 397 g/mol. The molecule has 0 fully saturated rings. The van der Waals surface area contributed by atoms with Gasteiger partial charge in [0.1, 0.15) is 6.04 Å². The average Bonchev–Trinajstić information content (AvgIpc) is 2.86. The number of aromatic nitrogens is 2. The Labute approximate surface area is 170 Å². The topological polar surface area (TPSA) is 110 Å². The fraction of sp³-hybridized carbons (Fsp3) is 0.429. The number of fused-ring (bicyclic) bond motifs is 1. The predicted molar refractivity (Wildman–Crippen MR) is 109 cm³/mol. The zero-order valence-corrected chi connectivity index (χ0v) is 16.9. The molecular formula is C21H27N5O3. The number of rotatable bonds is 6. The van der Waals surface area contributed by atoms with Crippen LogP contribution in [0.25, 0.3) is 11.3 Å². The van der Waals surface area contributed by atoms with Crippen molar-refractivity contribution in [3.8, 4) is 11.3 Å². The Hall–Kier alpha value is -3.16. The molecule has 0 spiro atoms. The molecule has 0 saturated carbocycles. The molecule has 0 radical (unpaired) electrons. The summed E-state index contributed by atoms with van der Waals surface area (Å²) < 4.78 is 1.89.